The van der Waals surface area contributed by atoms with Crippen LogP contribution in [0.4, 0.5) is 29.7 Å². The number of amides is 2. The average Bonchev–Trinajstić information content (AvgIpc) is 3.09. The minimum absolute atomic E-state index is 0.0283. The largest absolute Gasteiger partial charge is 0.465 e. The zero-order chi connectivity index (χ0) is 23.4. The maximum atomic E-state index is 14.8. The molecule has 1 N–H and O–H groups in total. The zero-order valence-corrected chi connectivity index (χ0v) is 18.0. The third kappa shape index (κ3) is 5.28. The van der Waals surface area contributed by atoms with E-state index in [2.05, 4.69) is 0 Å². The summed E-state index contributed by atoms with van der Waals surface area (Å²) in [6.07, 6.45) is -2.26. The minimum atomic E-state index is -1.35. The first-order chi connectivity index (χ1) is 15.2. The topological polar surface area (TPSA) is 97.1 Å². The molecule has 2 fully saturated rings. The Bertz CT molecular complexity index is 946. The van der Waals surface area contributed by atoms with Gasteiger partial charge in [0.2, 0.25) is 0 Å². The van der Waals surface area contributed by atoms with Crippen molar-refractivity contribution in [2.45, 2.75) is 32.5 Å². The van der Waals surface area contributed by atoms with Crippen molar-refractivity contribution in [3.8, 4) is 6.07 Å². The highest BCUT2D eigenvalue weighted by atomic mass is 19.1. The summed E-state index contributed by atoms with van der Waals surface area (Å²) in [6, 6.07) is 6.06. The number of carbonyl (C=O) groups excluding carboxylic acids is 1. The van der Waals surface area contributed by atoms with Gasteiger partial charge in [0.15, 0.2) is 0 Å². The molecule has 2 atom stereocenters. The number of alkyl halides is 1. The molecule has 2 heterocycles. The van der Waals surface area contributed by atoms with Crippen LogP contribution < -0.4 is 9.80 Å². The molecule has 8 nitrogen and oxygen atoms in total. The van der Waals surface area contributed by atoms with Gasteiger partial charge in [-0.1, -0.05) is 13.8 Å². The van der Waals surface area contributed by atoms with E-state index in [1.54, 1.807) is 11.0 Å². The number of nitrogens with zero attached hydrogens (tertiary/aromatic N) is 4. The predicted molar refractivity (Wildman–Crippen MR) is 114 cm³/mol. The van der Waals surface area contributed by atoms with Gasteiger partial charge in [-0.05, 0) is 36.1 Å². The Labute approximate surface area is 185 Å². The van der Waals surface area contributed by atoms with Crippen LogP contribution in [-0.2, 0) is 4.74 Å². The lowest BCUT2D eigenvalue weighted by Gasteiger charge is -2.32. The lowest BCUT2D eigenvalue weighted by Crippen LogP contribution is -2.40. The summed E-state index contributed by atoms with van der Waals surface area (Å²) >= 11 is 0. The summed E-state index contributed by atoms with van der Waals surface area (Å²) in [5.74, 6) is -0.489. The van der Waals surface area contributed by atoms with Gasteiger partial charge in [0.25, 0.3) is 0 Å². The van der Waals surface area contributed by atoms with Crippen molar-refractivity contribution < 1.29 is 28.2 Å². The van der Waals surface area contributed by atoms with Crippen LogP contribution >= 0.6 is 0 Å². The number of carbonyl (C=O) groups is 2. The first-order valence-corrected chi connectivity index (χ1v) is 10.4. The summed E-state index contributed by atoms with van der Waals surface area (Å²) < 4.78 is 34.4. The maximum absolute atomic E-state index is 14.8. The number of ether oxygens (including phenoxy) is 1. The first kappa shape index (κ1) is 23.3. The van der Waals surface area contributed by atoms with Gasteiger partial charge in [-0.2, -0.15) is 5.26 Å². The van der Waals surface area contributed by atoms with E-state index in [0.29, 0.717) is 25.1 Å². The molecule has 3 rings (SSSR count). The number of halogens is 2. The second-order valence-electron chi connectivity index (χ2n) is 8.35. The van der Waals surface area contributed by atoms with Crippen LogP contribution in [0.2, 0.25) is 0 Å². The van der Waals surface area contributed by atoms with Gasteiger partial charge >= 0.3 is 12.2 Å². The number of benzene rings is 1. The molecule has 2 amide bonds. The van der Waals surface area contributed by atoms with Crippen molar-refractivity contribution in [2.24, 2.45) is 5.92 Å². The number of hydrogen-bond acceptors (Lipinski definition) is 5. The third-order valence-corrected chi connectivity index (χ3v) is 5.44. The molecule has 0 saturated carbocycles. The average molecular weight is 448 g/mol. The lowest BCUT2D eigenvalue weighted by molar-refractivity contribution is 0.0924. The molecule has 1 unspecified atom stereocenters. The molecule has 32 heavy (non-hydrogen) atoms. The van der Waals surface area contributed by atoms with Crippen LogP contribution in [0.25, 0.3) is 0 Å². The monoisotopic (exact) mass is 448 g/mol. The molecular weight excluding hydrogens is 422 g/mol. The van der Waals surface area contributed by atoms with Gasteiger partial charge in [0.1, 0.15) is 18.1 Å². The zero-order valence-electron chi connectivity index (χ0n) is 18.0. The van der Waals surface area contributed by atoms with E-state index in [0.717, 1.165) is 0 Å². The first-order valence-electron chi connectivity index (χ1n) is 10.4. The Hall–Kier alpha value is -3.35. The number of allylic oxidation sites excluding steroid dienone is 1. The molecule has 0 bridgehead atoms. The SMILES string of the molecule is CC(C)CN(C[C@H]1CN(c2ccc(N3CC/C(=C\C#N)C(F)C3)c(F)c2)C(=O)O1)C(=O)O. The maximum Gasteiger partial charge on any atom is 0.414 e. The number of hydrogen-bond donors (Lipinski definition) is 1. The van der Waals surface area contributed by atoms with E-state index in [9.17, 15) is 23.5 Å². The molecule has 1 aromatic carbocycles. The number of anilines is 2. The van der Waals surface area contributed by atoms with E-state index in [4.69, 9.17) is 10.00 Å². The summed E-state index contributed by atoms with van der Waals surface area (Å²) in [7, 11) is 0. The summed E-state index contributed by atoms with van der Waals surface area (Å²) in [5, 5.41) is 18.1. The Morgan fingerprint density at radius 3 is 2.78 bits per heavy atom. The fraction of sp³-hybridized carbons (Fsp3) is 0.500. The van der Waals surface area contributed by atoms with Gasteiger partial charge in [-0.15, -0.1) is 0 Å². The smallest absolute Gasteiger partial charge is 0.414 e. The van der Waals surface area contributed by atoms with Crippen LogP contribution in [-0.4, -0.2) is 67.2 Å². The van der Waals surface area contributed by atoms with Crippen LogP contribution in [0.1, 0.15) is 20.3 Å². The quantitative estimate of drug-likeness (QED) is 0.665. The van der Waals surface area contributed by atoms with Crippen molar-refractivity contribution in [3.05, 3.63) is 35.7 Å². The molecule has 0 radical (unpaired) electrons. The van der Waals surface area contributed by atoms with Gasteiger partial charge in [0, 0.05) is 19.2 Å². The molecule has 2 aliphatic rings. The molecular formula is C22H26F2N4O4. The summed E-state index contributed by atoms with van der Waals surface area (Å²) in [6.45, 7) is 4.53. The molecule has 10 heteroatoms. The number of cyclic esters (lactones) is 1. The predicted octanol–water partition coefficient (Wildman–Crippen LogP) is 3.79. The summed E-state index contributed by atoms with van der Waals surface area (Å²) in [4.78, 5) is 27.8. The van der Waals surface area contributed by atoms with Gasteiger partial charge in [-0.25, -0.2) is 18.4 Å². The standard InChI is InChI=1S/C22H26F2N4O4/c1-14(2)10-27(21(29)30)11-17-12-28(22(31)32-17)16-3-4-20(18(23)9-16)26-8-6-15(5-7-25)19(24)13-26/h3-5,9,14,17,19H,6,8,10-13H2,1-2H3,(H,29,30)/b15-5+/t17-,19?/m0/s1. The van der Waals surface area contributed by atoms with Crippen LogP contribution in [0.3, 0.4) is 0 Å². The Balaban J connectivity index is 1.68. The molecule has 172 valence electrons. The highest BCUT2D eigenvalue weighted by Gasteiger charge is 2.35. The second-order valence-corrected chi connectivity index (χ2v) is 8.35. The van der Waals surface area contributed by atoms with E-state index >= 15 is 0 Å². The fourth-order valence-electron chi connectivity index (χ4n) is 3.95. The molecule has 2 saturated heterocycles. The summed E-state index contributed by atoms with van der Waals surface area (Å²) in [5.41, 5.74) is 0.897. The van der Waals surface area contributed by atoms with Crippen LogP contribution in [0, 0.1) is 23.1 Å². The third-order valence-electron chi connectivity index (χ3n) is 5.44. The normalized spacial score (nSPS) is 22.2. The van der Waals surface area contributed by atoms with Gasteiger partial charge in [-0.3, -0.25) is 4.90 Å². The van der Waals surface area contributed by atoms with Crippen molar-refractivity contribution in [2.75, 3.05) is 42.5 Å². The number of piperidine rings is 1. The minimum Gasteiger partial charge on any atom is -0.465 e. The van der Waals surface area contributed by atoms with Crippen LogP contribution in [0.15, 0.2) is 29.8 Å². The highest BCUT2D eigenvalue weighted by molar-refractivity contribution is 5.90. The van der Waals surface area contributed by atoms with E-state index in [-0.39, 0.29) is 36.9 Å². The van der Waals surface area contributed by atoms with Crippen LogP contribution in [0.5, 0.6) is 0 Å². The molecule has 2 aliphatic heterocycles. The van der Waals surface area contributed by atoms with E-state index in [1.165, 1.54) is 28.0 Å². The van der Waals surface area contributed by atoms with Crippen molar-refractivity contribution in [1.82, 2.24) is 4.90 Å². The number of rotatable bonds is 6. The van der Waals surface area contributed by atoms with Gasteiger partial charge in [0.05, 0.1) is 37.1 Å². The van der Waals surface area contributed by atoms with Crippen molar-refractivity contribution in [1.29, 1.82) is 5.26 Å². The molecule has 0 spiro atoms. The highest BCUT2D eigenvalue weighted by Crippen LogP contribution is 2.31. The lowest BCUT2D eigenvalue weighted by atomic mass is 10.0. The number of nitriles is 1. The Morgan fingerprint density at radius 2 is 2.19 bits per heavy atom. The van der Waals surface area contributed by atoms with E-state index in [1.807, 2.05) is 19.9 Å². The molecule has 0 aliphatic carbocycles. The second kappa shape index (κ2) is 9.85. The van der Waals surface area contributed by atoms with Crippen molar-refractivity contribution >= 4 is 23.6 Å². The Kier molecular flexibility index (Phi) is 7.18. The Morgan fingerprint density at radius 1 is 1.44 bits per heavy atom. The van der Waals surface area contributed by atoms with Gasteiger partial charge < -0.3 is 19.6 Å². The molecule has 0 aromatic heterocycles. The fourth-order valence-corrected chi connectivity index (χ4v) is 3.95. The molecule has 1 aromatic rings. The van der Waals surface area contributed by atoms with E-state index < -0.39 is 30.3 Å². The number of carboxylic acid groups (broad SMARTS) is 1. The van der Waals surface area contributed by atoms with Crippen molar-refractivity contribution in [3.63, 3.8) is 0 Å².